The highest BCUT2D eigenvalue weighted by Gasteiger charge is 2.18. The van der Waals surface area contributed by atoms with Crippen molar-refractivity contribution >= 4 is 27.5 Å². The van der Waals surface area contributed by atoms with Crippen molar-refractivity contribution in [3.05, 3.63) is 23.8 Å². The molecule has 0 saturated carbocycles. The van der Waals surface area contributed by atoms with Crippen LogP contribution < -0.4 is 10.1 Å². The Kier molecular flexibility index (Phi) is 5.41. The van der Waals surface area contributed by atoms with Gasteiger partial charge in [0.1, 0.15) is 5.75 Å². The highest BCUT2D eigenvalue weighted by molar-refractivity contribution is 9.10. The van der Waals surface area contributed by atoms with Gasteiger partial charge in [-0.15, -0.1) is 0 Å². The molecule has 0 radical (unpaired) electrons. The number of anilines is 1. The molecule has 1 aromatic rings. The monoisotopic (exact) mass is 327 g/mol. The van der Waals surface area contributed by atoms with Crippen molar-refractivity contribution in [3.63, 3.8) is 0 Å². The van der Waals surface area contributed by atoms with Crippen LogP contribution >= 0.6 is 15.9 Å². The third kappa shape index (κ3) is 4.23. The second-order valence-electron chi connectivity index (χ2n) is 5.53. The molecule has 0 aliphatic rings. The molecule has 0 aromatic heterocycles. The number of carbonyl (C=O) groups excluding carboxylic acids is 1. The first-order valence-corrected chi connectivity index (χ1v) is 7.34. The summed E-state index contributed by atoms with van der Waals surface area (Å²) in [4.78, 5) is 11.8. The second-order valence-corrected chi connectivity index (χ2v) is 6.64. The van der Waals surface area contributed by atoms with E-state index >= 15 is 0 Å². The average molecular weight is 328 g/mol. The van der Waals surface area contributed by atoms with Crippen molar-refractivity contribution in [3.8, 4) is 5.75 Å². The van der Waals surface area contributed by atoms with Gasteiger partial charge in [0.2, 0.25) is 5.91 Å². The van der Waals surface area contributed by atoms with Crippen molar-refractivity contribution in [1.29, 1.82) is 0 Å². The van der Waals surface area contributed by atoms with Gasteiger partial charge in [-0.1, -0.05) is 49.7 Å². The van der Waals surface area contributed by atoms with Crippen LogP contribution in [0.25, 0.3) is 0 Å². The maximum Gasteiger partial charge on any atom is 0.238 e. The predicted molar refractivity (Wildman–Crippen MR) is 83.3 cm³/mol. The summed E-state index contributed by atoms with van der Waals surface area (Å²) in [6, 6.07) is 5.90. The van der Waals surface area contributed by atoms with Crippen LogP contribution in [0.4, 0.5) is 5.69 Å². The number of hydrogen-bond donors (Lipinski definition) is 1. The molecule has 1 rings (SSSR count). The van der Waals surface area contributed by atoms with E-state index in [4.69, 9.17) is 4.74 Å². The Labute approximate surface area is 123 Å². The molecule has 0 bridgehead atoms. The number of methoxy groups -OCH3 is 1. The number of amides is 1. The van der Waals surface area contributed by atoms with Gasteiger partial charge in [0.25, 0.3) is 0 Å². The van der Waals surface area contributed by atoms with Crippen LogP contribution in [0.3, 0.4) is 0 Å². The summed E-state index contributed by atoms with van der Waals surface area (Å²) < 4.78 is 5.30. The highest BCUT2D eigenvalue weighted by atomic mass is 79.9. The van der Waals surface area contributed by atoms with Gasteiger partial charge in [0.15, 0.2) is 0 Å². The van der Waals surface area contributed by atoms with Crippen molar-refractivity contribution < 1.29 is 9.53 Å². The van der Waals surface area contributed by atoms with E-state index < -0.39 is 0 Å². The zero-order valence-corrected chi connectivity index (χ0v) is 13.8. The van der Waals surface area contributed by atoms with E-state index in [1.807, 2.05) is 25.1 Å². The minimum absolute atomic E-state index is 0.0321. The molecule has 0 fully saturated rings. The smallest absolute Gasteiger partial charge is 0.238 e. The Morgan fingerprint density at radius 1 is 1.42 bits per heavy atom. The zero-order chi connectivity index (χ0) is 14.6. The van der Waals surface area contributed by atoms with E-state index in [1.54, 1.807) is 7.11 Å². The molecular formula is C15H22BrNO2. The minimum atomic E-state index is -0.185. The SMILES string of the molecule is CCC(Br)C(=O)Nc1cc(C(C)(C)C)ccc1OC. The fourth-order valence-corrected chi connectivity index (χ4v) is 1.78. The number of rotatable bonds is 4. The summed E-state index contributed by atoms with van der Waals surface area (Å²) >= 11 is 3.35. The van der Waals surface area contributed by atoms with E-state index in [9.17, 15) is 4.79 Å². The van der Waals surface area contributed by atoms with Crippen molar-refractivity contribution in [2.45, 2.75) is 44.4 Å². The Morgan fingerprint density at radius 2 is 2.05 bits per heavy atom. The molecule has 0 saturated heterocycles. The van der Waals surface area contributed by atoms with Crippen LogP contribution in [0.2, 0.25) is 0 Å². The summed E-state index contributed by atoms with van der Waals surface area (Å²) in [7, 11) is 1.60. The first-order valence-electron chi connectivity index (χ1n) is 6.43. The van der Waals surface area contributed by atoms with Gasteiger partial charge in [-0.25, -0.2) is 0 Å². The number of nitrogens with one attached hydrogen (secondary N) is 1. The van der Waals surface area contributed by atoms with Gasteiger partial charge >= 0.3 is 0 Å². The average Bonchev–Trinajstić information content (AvgIpc) is 2.36. The molecule has 1 N–H and O–H groups in total. The van der Waals surface area contributed by atoms with Crippen LogP contribution in [-0.4, -0.2) is 17.8 Å². The fraction of sp³-hybridized carbons (Fsp3) is 0.533. The molecule has 1 unspecified atom stereocenters. The van der Waals surface area contributed by atoms with Gasteiger partial charge in [-0.2, -0.15) is 0 Å². The topological polar surface area (TPSA) is 38.3 Å². The van der Waals surface area contributed by atoms with Crippen LogP contribution in [0.1, 0.15) is 39.7 Å². The maximum absolute atomic E-state index is 12.0. The van der Waals surface area contributed by atoms with E-state index in [1.165, 1.54) is 0 Å². The molecule has 0 heterocycles. The Hall–Kier alpha value is -1.03. The molecule has 4 heteroatoms. The number of alkyl halides is 1. The summed E-state index contributed by atoms with van der Waals surface area (Å²) in [6.45, 7) is 8.38. The molecule has 3 nitrogen and oxygen atoms in total. The van der Waals surface area contributed by atoms with Crippen LogP contribution in [0.15, 0.2) is 18.2 Å². The molecule has 0 spiro atoms. The molecule has 1 atom stereocenters. The van der Waals surface area contributed by atoms with E-state index in [-0.39, 0.29) is 16.1 Å². The Balaban J connectivity index is 3.07. The van der Waals surface area contributed by atoms with Crippen LogP contribution in [0.5, 0.6) is 5.75 Å². The Bertz CT molecular complexity index is 452. The Morgan fingerprint density at radius 3 is 2.53 bits per heavy atom. The lowest BCUT2D eigenvalue weighted by Gasteiger charge is -2.21. The summed E-state index contributed by atoms with van der Waals surface area (Å²) in [5, 5.41) is 2.91. The maximum atomic E-state index is 12.0. The lowest BCUT2D eigenvalue weighted by atomic mass is 9.87. The normalized spacial score (nSPS) is 12.9. The molecule has 1 amide bonds. The third-order valence-corrected chi connectivity index (χ3v) is 4.03. The van der Waals surface area contributed by atoms with Crippen molar-refractivity contribution in [2.24, 2.45) is 0 Å². The third-order valence-electron chi connectivity index (χ3n) is 2.97. The van der Waals surface area contributed by atoms with Gasteiger partial charge in [0, 0.05) is 0 Å². The van der Waals surface area contributed by atoms with Crippen LogP contribution in [0, 0.1) is 0 Å². The first-order chi connectivity index (χ1) is 8.79. The van der Waals surface area contributed by atoms with Gasteiger partial charge in [-0.05, 0) is 29.5 Å². The van der Waals surface area contributed by atoms with E-state index in [0.717, 1.165) is 17.7 Å². The largest absolute Gasteiger partial charge is 0.495 e. The molecule has 1 aromatic carbocycles. The number of halogens is 1. The molecule has 19 heavy (non-hydrogen) atoms. The predicted octanol–water partition coefficient (Wildman–Crippen LogP) is 4.10. The molecule has 0 aliphatic carbocycles. The van der Waals surface area contributed by atoms with Crippen molar-refractivity contribution in [1.82, 2.24) is 0 Å². The van der Waals surface area contributed by atoms with Crippen molar-refractivity contribution in [2.75, 3.05) is 12.4 Å². The zero-order valence-electron chi connectivity index (χ0n) is 12.2. The molecule has 106 valence electrons. The quantitative estimate of drug-likeness (QED) is 0.845. The molecule has 0 aliphatic heterocycles. The van der Waals surface area contributed by atoms with E-state index in [0.29, 0.717) is 5.75 Å². The minimum Gasteiger partial charge on any atom is -0.495 e. The first kappa shape index (κ1) is 16.0. The number of carbonyl (C=O) groups is 1. The number of hydrogen-bond acceptors (Lipinski definition) is 2. The lowest BCUT2D eigenvalue weighted by Crippen LogP contribution is -2.23. The highest BCUT2D eigenvalue weighted by Crippen LogP contribution is 2.31. The molecular weight excluding hydrogens is 306 g/mol. The number of ether oxygens (including phenoxy) is 1. The second kappa shape index (κ2) is 6.42. The summed E-state index contributed by atoms with van der Waals surface area (Å²) in [5.41, 5.74) is 1.91. The summed E-state index contributed by atoms with van der Waals surface area (Å²) in [6.07, 6.45) is 0.743. The van der Waals surface area contributed by atoms with Gasteiger partial charge in [0.05, 0.1) is 17.6 Å². The fourth-order valence-electron chi connectivity index (χ4n) is 1.67. The van der Waals surface area contributed by atoms with Gasteiger partial charge in [-0.3, -0.25) is 4.79 Å². The van der Waals surface area contributed by atoms with Gasteiger partial charge < -0.3 is 10.1 Å². The lowest BCUT2D eigenvalue weighted by molar-refractivity contribution is -0.115. The van der Waals surface area contributed by atoms with E-state index in [2.05, 4.69) is 42.0 Å². The standard InChI is InChI=1S/C15H22BrNO2/c1-6-11(16)14(18)17-12-9-10(15(2,3)4)7-8-13(12)19-5/h7-9,11H,6H2,1-5H3,(H,17,18). The number of benzene rings is 1. The summed E-state index contributed by atoms with van der Waals surface area (Å²) in [5.74, 6) is 0.629. The van der Waals surface area contributed by atoms with Crippen LogP contribution in [-0.2, 0) is 10.2 Å².